The highest BCUT2D eigenvalue weighted by molar-refractivity contribution is 5.68. The molecule has 0 aliphatic rings. The van der Waals surface area contributed by atoms with Crippen molar-refractivity contribution in [2.45, 2.75) is 32.4 Å². The Morgan fingerprint density at radius 2 is 1.79 bits per heavy atom. The fourth-order valence-electron chi connectivity index (χ4n) is 1.65. The molecule has 0 saturated heterocycles. The molecule has 0 radical (unpaired) electrons. The Hall–Kier alpha value is -1.72. The first kappa shape index (κ1) is 15.3. The minimum atomic E-state index is -4.51. The van der Waals surface area contributed by atoms with E-state index in [1.807, 2.05) is 0 Å². The minimum absolute atomic E-state index is 0.109. The highest BCUT2D eigenvalue weighted by atomic mass is 19.4. The third-order valence-corrected chi connectivity index (χ3v) is 2.47. The first-order chi connectivity index (χ1) is 8.51. The maximum Gasteiger partial charge on any atom is 0.416 e. The quantitative estimate of drug-likeness (QED) is 0.919. The number of rotatable bonds is 3. The van der Waals surface area contributed by atoms with Gasteiger partial charge in [-0.25, -0.2) is 4.79 Å². The van der Waals surface area contributed by atoms with E-state index < -0.39 is 29.7 Å². The lowest BCUT2D eigenvalue weighted by Gasteiger charge is -2.24. The highest BCUT2D eigenvalue weighted by Crippen LogP contribution is 2.39. The fraction of sp³-hybridized carbons (Fsp3) is 0.462. The number of hydrogen-bond acceptors (Lipinski definition) is 2. The summed E-state index contributed by atoms with van der Waals surface area (Å²) in [4.78, 5) is 10.3. The lowest BCUT2D eigenvalue weighted by Crippen LogP contribution is -2.20. The number of carbonyl (C=O) groups is 1. The van der Waals surface area contributed by atoms with Crippen molar-refractivity contribution in [1.82, 2.24) is 0 Å². The van der Waals surface area contributed by atoms with Gasteiger partial charge in [-0.3, -0.25) is 0 Å². The maximum absolute atomic E-state index is 13.0. The third-order valence-electron chi connectivity index (χ3n) is 2.47. The molecule has 0 unspecified atom stereocenters. The molecule has 0 heterocycles. The molecule has 0 fully saturated rings. The van der Waals surface area contributed by atoms with Gasteiger partial charge in [0.25, 0.3) is 0 Å². The van der Waals surface area contributed by atoms with Crippen LogP contribution in [0.5, 0.6) is 5.75 Å². The van der Waals surface area contributed by atoms with Crippen molar-refractivity contribution in [3.63, 3.8) is 0 Å². The van der Waals surface area contributed by atoms with Crippen LogP contribution >= 0.6 is 0 Å². The molecule has 0 saturated carbocycles. The van der Waals surface area contributed by atoms with Crippen molar-refractivity contribution in [3.8, 4) is 5.75 Å². The van der Waals surface area contributed by atoms with Crippen LogP contribution in [-0.4, -0.2) is 17.7 Å². The van der Waals surface area contributed by atoms with Gasteiger partial charge in [-0.15, -0.1) is 0 Å². The summed E-state index contributed by atoms with van der Waals surface area (Å²) in [6.45, 7) is 4.35. The van der Waals surface area contributed by atoms with Gasteiger partial charge in [-0.1, -0.05) is 26.8 Å². The van der Waals surface area contributed by atoms with E-state index in [1.165, 1.54) is 12.1 Å². The SMILES string of the molecule is CC(C)(C)c1ccc(OCC(=O)O)cc1C(F)(F)F. The van der Waals surface area contributed by atoms with Gasteiger partial charge in [0.1, 0.15) is 5.75 Å². The molecule has 106 valence electrons. The van der Waals surface area contributed by atoms with Gasteiger partial charge in [0.2, 0.25) is 0 Å². The van der Waals surface area contributed by atoms with Crippen molar-refractivity contribution in [3.05, 3.63) is 29.3 Å². The summed E-state index contributed by atoms with van der Waals surface area (Å²) in [6, 6.07) is 3.50. The van der Waals surface area contributed by atoms with E-state index >= 15 is 0 Å². The van der Waals surface area contributed by atoms with Crippen LogP contribution in [0, 0.1) is 0 Å². The molecule has 0 spiro atoms. The van der Waals surface area contributed by atoms with Gasteiger partial charge in [0, 0.05) is 0 Å². The van der Waals surface area contributed by atoms with Crippen LogP contribution in [0.25, 0.3) is 0 Å². The van der Waals surface area contributed by atoms with Crippen LogP contribution in [0.1, 0.15) is 31.9 Å². The van der Waals surface area contributed by atoms with Crippen molar-refractivity contribution in [2.24, 2.45) is 0 Å². The van der Waals surface area contributed by atoms with E-state index in [-0.39, 0.29) is 11.3 Å². The third kappa shape index (κ3) is 4.15. The molecule has 6 heteroatoms. The first-order valence-electron chi connectivity index (χ1n) is 5.58. The first-order valence-corrected chi connectivity index (χ1v) is 5.58. The van der Waals surface area contributed by atoms with Crippen LogP contribution in [0.2, 0.25) is 0 Å². The average Bonchev–Trinajstić information content (AvgIpc) is 2.23. The lowest BCUT2D eigenvalue weighted by atomic mass is 9.83. The Kier molecular flexibility index (Phi) is 4.12. The van der Waals surface area contributed by atoms with Gasteiger partial charge in [0.05, 0.1) is 5.56 Å². The molecule has 0 atom stereocenters. The predicted molar refractivity (Wildman–Crippen MR) is 63.3 cm³/mol. The Labute approximate surface area is 109 Å². The lowest BCUT2D eigenvalue weighted by molar-refractivity contribution is -0.139. The van der Waals surface area contributed by atoms with Gasteiger partial charge >= 0.3 is 12.1 Å². The molecular formula is C13H15F3O3. The molecule has 1 aromatic carbocycles. The van der Waals surface area contributed by atoms with Gasteiger partial charge < -0.3 is 9.84 Å². The van der Waals surface area contributed by atoms with Crippen molar-refractivity contribution in [1.29, 1.82) is 0 Å². The minimum Gasteiger partial charge on any atom is -0.482 e. The van der Waals surface area contributed by atoms with Gasteiger partial charge in [0.15, 0.2) is 6.61 Å². The van der Waals surface area contributed by atoms with Gasteiger partial charge in [-0.2, -0.15) is 13.2 Å². The topological polar surface area (TPSA) is 46.5 Å². The van der Waals surface area contributed by atoms with E-state index in [9.17, 15) is 18.0 Å². The molecule has 0 amide bonds. The molecule has 3 nitrogen and oxygen atoms in total. The smallest absolute Gasteiger partial charge is 0.416 e. The zero-order valence-electron chi connectivity index (χ0n) is 10.8. The number of alkyl halides is 3. The number of ether oxygens (including phenoxy) is 1. The van der Waals surface area contributed by atoms with Crippen LogP contribution < -0.4 is 4.74 Å². The molecular weight excluding hydrogens is 261 g/mol. The zero-order chi connectivity index (χ0) is 14.8. The second-order valence-electron chi connectivity index (χ2n) is 5.14. The van der Waals surface area contributed by atoms with E-state index in [0.29, 0.717) is 0 Å². The van der Waals surface area contributed by atoms with Crippen LogP contribution in [0.4, 0.5) is 13.2 Å². The number of halogens is 3. The summed E-state index contributed by atoms with van der Waals surface area (Å²) in [5.74, 6) is -1.35. The van der Waals surface area contributed by atoms with E-state index in [1.54, 1.807) is 20.8 Å². The average molecular weight is 276 g/mol. The monoisotopic (exact) mass is 276 g/mol. The summed E-state index contributed by atoms with van der Waals surface area (Å²) in [5, 5.41) is 8.44. The van der Waals surface area contributed by atoms with Crippen LogP contribution in [-0.2, 0) is 16.4 Å². The maximum atomic E-state index is 13.0. The number of carboxylic acid groups (broad SMARTS) is 1. The Morgan fingerprint density at radius 1 is 1.21 bits per heavy atom. The Morgan fingerprint density at radius 3 is 2.21 bits per heavy atom. The molecule has 0 aliphatic carbocycles. The van der Waals surface area contributed by atoms with Crippen molar-refractivity contribution in [2.75, 3.05) is 6.61 Å². The molecule has 0 aromatic heterocycles. The number of carboxylic acids is 1. The largest absolute Gasteiger partial charge is 0.482 e. The molecule has 1 rings (SSSR count). The summed E-state index contributed by atoms with van der Waals surface area (Å²) in [7, 11) is 0. The molecule has 0 bridgehead atoms. The second-order valence-corrected chi connectivity index (χ2v) is 5.14. The Balaban J connectivity index is 3.20. The van der Waals surface area contributed by atoms with Crippen LogP contribution in [0.15, 0.2) is 18.2 Å². The summed E-state index contributed by atoms with van der Waals surface area (Å²) < 4.78 is 43.7. The second kappa shape index (κ2) is 5.11. The van der Waals surface area contributed by atoms with Crippen molar-refractivity contribution < 1.29 is 27.8 Å². The zero-order valence-corrected chi connectivity index (χ0v) is 10.8. The Bertz CT molecular complexity index is 473. The summed E-state index contributed by atoms with van der Waals surface area (Å²) in [5.41, 5.74) is -1.33. The summed E-state index contributed by atoms with van der Waals surface area (Å²) in [6.07, 6.45) is -4.51. The summed E-state index contributed by atoms with van der Waals surface area (Å²) >= 11 is 0. The number of hydrogen-bond donors (Lipinski definition) is 1. The standard InChI is InChI=1S/C13H15F3O3/c1-12(2,3)9-5-4-8(19-7-11(17)18)6-10(9)13(14,15)16/h4-6H,7H2,1-3H3,(H,17,18). The highest BCUT2D eigenvalue weighted by Gasteiger charge is 2.36. The van der Waals surface area contributed by atoms with Crippen molar-refractivity contribution >= 4 is 5.97 Å². The normalized spacial score (nSPS) is 12.3. The number of benzene rings is 1. The predicted octanol–water partition coefficient (Wildman–Crippen LogP) is 3.47. The van der Waals surface area contributed by atoms with E-state index in [0.717, 1.165) is 6.07 Å². The molecule has 0 aliphatic heterocycles. The van der Waals surface area contributed by atoms with E-state index in [2.05, 4.69) is 0 Å². The fourth-order valence-corrected chi connectivity index (χ4v) is 1.65. The van der Waals surface area contributed by atoms with E-state index in [4.69, 9.17) is 9.84 Å². The number of aliphatic carboxylic acids is 1. The van der Waals surface area contributed by atoms with Gasteiger partial charge in [-0.05, 0) is 23.1 Å². The molecule has 19 heavy (non-hydrogen) atoms. The van der Waals surface area contributed by atoms with Crippen LogP contribution in [0.3, 0.4) is 0 Å². The molecule has 1 aromatic rings. The molecule has 1 N–H and O–H groups in total.